The molecule has 2 amide bonds. The van der Waals surface area contributed by atoms with Crippen LogP contribution in [0, 0.1) is 6.92 Å². The molecule has 31 heavy (non-hydrogen) atoms. The van der Waals surface area contributed by atoms with Crippen molar-refractivity contribution in [3.8, 4) is 0 Å². The van der Waals surface area contributed by atoms with Crippen molar-refractivity contribution in [1.82, 2.24) is 15.1 Å². The second-order valence-corrected chi connectivity index (χ2v) is 8.55. The van der Waals surface area contributed by atoms with Gasteiger partial charge in [0.2, 0.25) is 0 Å². The highest BCUT2D eigenvalue weighted by Gasteiger charge is 2.41. The van der Waals surface area contributed by atoms with E-state index in [0.717, 1.165) is 38.8 Å². The number of hydrogen-bond donors (Lipinski definition) is 1. The number of rotatable bonds is 9. The van der Waals surface area contributed by atoms with Crippen LogP contribution in [0.2, 0.25) is 0 Å². The fourth-order valence-corrected chi connectivity index (χ4v) is 4.51. The fraction of sp³-hybridized carbons (Fsp3) is 0.462. The highest BCUT2D eigenvalue weighted by Crippen LogP contribution is 2.28. The molecule has 0 aliphatic carbocycles. The minimum Gasteiger partial charge on any atom is -0.338 e. The highest BCUT2D eigenvalue weighted by molar-refractivity contribution is 5.80. The average molecular weight is 422 g/mol. The Morgan fingerprint density at radius 3 is 2.45 bits per heavy atom. The maximum atomic E-state index is 12.9. The van der Waals surface area contributed by atoms with Gasteiger partial charge in [0.1, 0.15) is 11.8 Å². The van der Waals surface area contributed by atoms with Gasteiger partial charge in [0, 0.05) is 32.7 Å². The maximum Gasteiger partial charge on any atom is 0.318 e. The van der Waals surface area contributed by atoms with E-state index in [1.165, 1.54) is 16.7 Å². The molecule has 2 aromatic rings. The molecular weight excluding hydrogens is 386 g/mol. The molecule has 1 saturated heterocycles. The van der Waals surface area contributed by atoms with E-state index in [1.54, 1.807) is 4.90 Å². The normalized spacial score (nSPS) is 15.9. The molecule has 0 spiro atoms. The Balaban J connectivity index is 1.51. The largest absolute Gasteiger partial charge is 0.338 e. The third kappa shape index (κ3) is 6.17. The molecular formula is C26H35N3O2. The van der Waals surface area contributed by atoms with Gasteiger partial charge >= 0.3 is 6.03 Å². The fourth-order valence-electron chi connectivity index (χ4n) is 4.51. The number of benzene rings is 2. The summed E-state index contributed by atoms with van der Waals surface area (Å²) in [5.41, 5.74) is 3.12. The van der Waals surface area contributed by atoms with Gasteiger partial charge in [0.25, 0.3) is 0 Å². The van der Waals surface area contributed by atoms with Crippen LogP contribution in [0.1, 0.15) is 42.9 Å². The third-order valence-electron chi connectivity index (χ3n) is 6.29. The van der Waals surface area contributed by atoms with Crippen molar-refractivity contribution in [1.29, 1.82) is 0 Å². The van der Waals surface area contributed by atoms with E-state index >= 15 is 0 Å². The van der Waals surface area contributed by atoms with Gasteiger partial charge in [0.15, 0.2) is 0 Å². The summed E-state index contributed by atoms with van der Waals surface area (Å²) >= 11 is 0. The number of piperidine rings is 1. The zero-order chi connectivity index (χ0) is 22.1. The monoisotopic (exact) mass is 421 g/mol. The summed E-state index contributed by atoms with van der Waals surface area (Å²) in [5, 5.41) is 3.03. The van der Waals surface area contributed by atoms with Gasteiger partial charge in [-0.05, 0) is 50.7 Å². The standard InChI is InChI=1S/C26H35N3O2/c1-3-29(25(31)27-16-8-13-23-10-5-4-6-11-23)26(21-30)14-17-28(18-15-26)20-24-12-7-9-22(2)19-24/h4-7,9-12,19,21H,3,8,13-18,20H2,1-2H3,(H,27,31). The van der Waals surface area contributed by atoms with Crippen LogP contribution in [-0.4, -0.2) is 53.8 Å². The van der Waals surface area contributed by atoms with Crippen molar-refractivity contribution in [3.05, 3.63) is 71.3 Å². The molecule has 5 heteroatoms. The Morgan fingerprint density at radius 2 is 1.81 bits per heavy atom. The molecule has 3 rings (SSSR count). The molecule has 5 nitrogen and oxygen atoms in total. The first-order chi connectivity index (χ1) is 15.1. The predicted octanol–water partition coefficient (Wildman–Crippen LogP) is 4.19. The van der Waals surface area contributed by atoms with Gasteiger partial charge in [-0.2, -0.15) is 0 Å². The van der Waals surface area contributed by atoms with Crippen molar-refractivity contribution in [2.75, 3.05) is 26.2 Å². The first kappa shape index (κ1) is 23.0. The quantitative estimate of drug-likeness (QED) is 0.488. The lowest BCUT2D eigenvalue weighted by Gasteiger charge is -2.45. The molecule has 0 radical (unpaired) electrons. The molecule has 166 valence electrons. The van der Waals surface area contributed by atoms with E-state index in [-0.39, 0.29) is 6.03 Å². The second kappa shape index (κ2) is 11.1. The van der Waals surface area contributed by atoms with E-state index in [1.807, 2.05) is 25.1 Å². The van der Waals surface area contributed by atoms with Crippen LogP contribution in [0.15, 0.2) is 54.6 Å². The van der Waals surface area contributed by atoms with Gasteiger partial charge in [0.05, 0.1) is 0 Å². The summed E-state index contributed by atoms with van der Waals surface area (Å²) in [5.74, 6) is 0. The molecule has 1 aliphatic rings. The lowest BCUT2D eigenvalue weighted by atomic mass is 9.87. The molecule has 2 aromatic carbocycles. The van der Waals surface area contributed by atoms with Gasteiger partial charge in [-0.1, -0.05) is 60.2 Å². The molecule has 1 N–H and O–H groups in total. The SMILES string of the molecule is CCN(C(=O)NCCCc1ccccc1)C1(C=O)CCN(Cc2cccc(C)c2)CC1. The summed E-state index contributed by atoms with van der Waals surface area (Å²) < 4.78 is 0. The first-order valence-corrected chi connectivity index (χ1v) is 11.4. The van der Waals surface area contributed by atoms with E-state index in [0.29, 0.717) is 25.9 Å². The smallest absolute Gasteiger partial charge is 0.318 e. The van der Waals surface area contributed by atoms with Crippen molar-refractivity contribution in [3.63, 3.8) is 0 Å². The molecule has 1 fully saturated rings. The van der Waals surface area contributed by atoms with Gasteiger partial charge in [-0.15, -0.1) is 0 Å². The number of likely N-dealkylation sites (N-methyl/N-ethyl adjacent to an activating group) is 1. The van der Waals surface area contributed by atoms with Crippen LogP contribution in [0.5, 0.6) is 0 Å². The molecule has 1 aliphatic heterocycles. The number of nitrogens with zero attached hydrogens (tertiary/aromatic N) is 2. The van der Waals surface area contributed by atoms with Crippen molar-refractivity contribution in [2.45, 2.75) is 51.6 Å². The zero-order valence-electron chi connectivity index (χ0n) is 18.8. The second-order valence-electron chi connectivity index (χ2n) is 8.55. The Morgan fingerprint density at radius 1 is 1.10 bits per heavy atom. The Hall–Kier alpha value is -2.66. The molecule has 0 saturated carbocycles. The minimum absolute atomic E-state index is 0.130. The number of hydrogen-bond acceptors (Lipinski definition) is 3. The van der Waals surface area contributed by atoms with Crippen molar-refractivity contribution >= 4 is 12.3 Å². The van der Waals surface area contributed by atoms with Crippen molar-refractivity contribution in [2.24, 2.45) is 0 Å². The Kier molecular flexibility index (Phi) is 8.24. The summed E-state index contributed by atoms with van der Waals surface area (Å²) in [6.07, 6.45) is 4.16. The van der Waals surface area contributed by atoms with Crippen LogP contribution < -0.4 is 5.32 Å². The number of aldehydes is 1. The predicted molar refractivity (Wildman–Crippen MR) is 125 cm³/mol. The first-order valence-electron chi connectivity index (χ1n) is 11.4. The molecule has 0 unspecified atom stereocenters. The number of likely N-dealkylation sites (tertiary alicyclic amines) is 1. The summed E-state index contributed by atoms with van der Waals surface area (Å²) in [4.78, 5) is 29.2. The van der Waals surface area contributed by atoms with Gasteiger partial charge in [-0.3, -0.25) is 4.90 Å². The van der Waals surface area contributed by atoms with Crippen LogP contribution in [0.3, 0.4) is 0 Å². The number of urea groups is 1. The van der Waals surface area contributed by atoms with Crippen LogP contribution in [0.4, 0.5) is 4.79 Å². The minimum atomic E-state index is -0.707. The lowest BCUT2D eigenvalue weighted by molar-refractivity contribution is -0.119. The summed E-state index contributed by atoms with van der Waals surface area (Å²) in [7, 11) is 0. The van der Waals surface area contributed by atoms with E-state index < -0.39 is 5.54 Å². The zero-order valence-corrected chi connectivity index (χ0v) is 18.8. The maximum absolute atomic E-state index is 12.9. The molecule has 0 atom stereocenters. The number of aryl methyl sites for hydroxylation is 2. The van der Waals surface area contributed by atoms with Crippen molar-refractivity contribution < 1.29 is 9.59 Å². The van der Waals surface area contributed by atoms with Gasteiger partial charge < -0.3 is 15.0 Å². The third-order valence-corrected chi connectivity index (χ3v) is 6.29. The Bertz CT molecular complexity index is 845. The number of carbonyl (C=O) groups excluding carboxylic acids is 2. The van der Waals surface area contributed by atoms with E-state index in [9.17, 15) is 9.59 Å². The summed E-state index contributed by atoms with van der Waals surface area (Å²) in [6, 6.07) is 18.7. The van der Waals surface area contributed by atoms with E-state index in [2.05, 4.69) is 53.5 Å². The van der Waals surface area contributed by atoms with Crippen LogP contribution >= 0.6 is 0 Å². The topological polar surface area (TPSA) is 52.7 Å². The molecule has 0 aromatic heterocycles. The number of amides is 2. The summed E-state index contributed by atoms with van der Waals surface area (Å²) in [6.45, 7) is 7.70. The Labute approximate surface area is 186 Å². The molecule has 0 bridgehead atoms. The number of nitrogens with one attached hydrogen (secondary N) is 1. The lowest BCUT2D eigenvalue weighted by Crippen LogP contribution is -2.60. The molecule has 1 heterocycles. The van der Waals surface area contributed by atoms with E-state index in [4.69, 9.17) is 0 Å². The van der Waals surface area contributed by atoms with Crippen LogP contribution in [0.25, 0.3) is 0 Å². The number of carbonyl (C=O) groups is 2. The van der Waals surface area contributed by atoms with Crippen LogP contribution in [-0.2, 0) is 17.8 Å². The highest BCUT2D eigenvalue weighted by atomic mass is 16.2. The van der Waals surface area contributed by atoms with Gasteiger partial charge in [-0.25, -0.2) is 4.79 Å². The average Bonchev–Trinajstić information content (AvgIpc) is 2.79.